The van der Waals surface area contributed by atoms with Crippen LogP contribution in [-0.4, -0.2) is 98.1 Å². The third-order valence-electron chi connectivity index (χ3n) is 5.86. The fourth-order valence-corrected chi connectivity index (χ4v) is 3.98. The van der Waals surface area contributed by atoms with Crippen molar-refractivity contribution in [3.05, 3.63) is 58.8 Å². The smallest absolute Gasteiger partial charge is 0.305 e. The van der Waals surface area contributed by atoms with Gasteiger partial charge in [0.25, 0.3) is 0 Å². The first-order chi connectivity index (χ1) is 16.7. The van der Waals surface area contributed by atoms with Crippen LogP contribution in [0.2, 0.25) is 0 Å². The van der Waals surface area contributed by atoms with E-state index in [-0.39, 0.29) is 45.9 Å². The van der Waals surface area contributed by atoms with Crippen molar-refractivity contribution in [3.63, 3.8) is 0 Å². The van der Waals surface area contributed by atoms with Crippen LogP contribution in [0.15, 0.2) is 53.2 Å². The number of aromatic hydroxyl groups is 1. The summed E-state index contributed by atoms with van der Waals surface area (Å²) in [5, 5.41) is 70.7. The molecule has 0 radical (unpaired) electrons. The van der Waals surface area contributed by atoms with Crippen LogP contribution in [0.5, 0.6) is 17.2 Å². The molecule has 4 rings (SSSR count). The molecule has 35 heavy (non-hydrogen) atoms. The Kier molecular flexibility index (Phi) is 6.83. The quantitative estimate of drug-likeness (QED) is 0.255. The maximum absolute atomic E-state index is 10.4. The van der Waals surface area contributed by atoms with Crippen molar-refractivity contribution < 1.29 is 59.4 Å². The monoisotopic (exact) mass is 495 g/mol. The van der Waals surface area contributed by atoms with E-state index in [2.05, 4.69) is 4.74 Å². The van der Waals surface area contributed by atoms with Crippen molar-refractivity contribution in [1.82, 2.24) is 0 Å². The number of phenols is 1. The standard InChI is InChI=1S/C23H26O12/c1-31-14-3-9(4-15(32-2)18(14)27)22-16(7-11-12(26)5-10(25)6-13(11)33-22)34-23-21(30)20(29)19(28)17(8-24)35-23/h3-7,13,17,19-21,23-30H,8H2,1-2H3/p+1. The topological polar surface area (TPSA) is 191 Å². The lowest BCUT2D eigenvalue weighted by atomic mass is 9.96. The molecule has 1 aromatic rings. The number of allylic oxidation sites excluding steroid dienone is 2. The van der Waals surface area contributed by atoms with E-state index in [0.29, 0.717) is 5.56 Å². The highest BCUT2D eigenvalue weighted by Gasteiger charge is 2.46. The number of rotatable bonds is 6. The highest BCUT2D eigenvalue weighted by atomic mass is 16.7. The van der Waals surface area contributed by atoms with Crippen LogP contribution in [-0.2, 0) is 9.47 Å². The third kappa shape index (κ3) is 4.49. The number of ether oxygens (including phenoxy) is 5. The average Bonchev–Trinajstić information content (AvgIpc) is 2.84. The van der Waals surface area contributed by atoms with Crippen LogP contribution in [0.4, 0.5) is 0 Å². The molecule has 2 aliphatic heterocycles. The molecule has 12 nitrogen and oxygen atoms in total. The van der Waals surface area contributed by atoms with Gasteiger partial charge in [0.05, 0.1) is 38.0 Å². The van der Waals surface area contributed by atoms with E-state index in [1.54, 1.807) is 0 Å². The molecule has 0 saturated carbocycles. The fraction of sp³-hybridized carbons (Fsp3) is 0.391. The molecular weight excluding hydrogens is 468 g/mol. The molecule has 3 aliphatic rings. The molecule has 0 amide bonds. The maximum Gasteiger partial charge on any atom is 0.305 e. The molecule has 0 bridgehead atoms. The summed E-state index contributed by atoms with van der Waals surface area (Å²) in [4.78, 5) is 0. The Balaban J connectivity index is 1.82. The van der Waals surface area contributed by atoms with Gasteiger partial charge in [-0.05, 0) is 0 Å². The van der Waals surface area contributed by atoms with E-state index in [1.165, 1.54) is 38.5 Å². The van der Waals surface area contributed by atoms with E-state index < -0.39 is 43.4 Å². The lowest BCUT2D eigenvalue weighted by molar-refractivity contribution is -0.290. The van der Waals surface area contributed by atoms with Crippen LogP contribution < -0.4 is 9.47 Å². The summed E-state index contributed by atoms with van der Waals surface area (Å²) >= 11 is 0. The molecule has 1 saturated heterocycles. The summed E-state index contributed by atoms with van der Waals surface area (Å²) in [5.74, 6) is -0.474. The minimum Gasteiger partial charge on any atom is -0.571 e. The molecule has 1 aliphatic carbocycles. The number of methoxy groups -OCH3 is 2. The molecule has 6 unspecified atom stereocenters. The SMILES string of the molecule is COc1cc(C2=C(OC3OC(CO)C(O)C(O)C3O)C=C3C(O)=CC(O)=CC3[OH+]2)cc(OC)c1O. The van der Waals surface area contributed by atoms with Crippen molar-refractivity contribution in [2.45, 2.75) is 36.8 Å². The van der Waals surface area contributed by atoms with Crippen molar-refractivity contribution in [2.75, 3.05) is 20.8 Å². The lowest BCUT2D eigenvalue weighted by Gasteiger charge is -2.40. The van der Waals surface area contributed by atoms with Crippen molar-refractivity contribution in [1.29, 1.82) is 0 Å². The average molecular weight is 495 g/mol. The van der Waals surface area contributed by atoms with E-state index in [1.807, 2.05) is 0 Å². The molecule has 0 aromatic heterocycles. The summed E-state index contributed by atoms with van der Waals surface area (Å²) in [6.45, 7) is -0.649. The largest absolute Gasteiger partial charge is 0.571 e. The van der Waals surface area contributed by atoms with Gasteiger partial charge in [-0.15, -0.1) is 0 Å². The van der Waals surface area contributed by atoms with Gasteiger partial charge in [0.1, 0.15) is 35.9 Å². The number of phenolic OH excluding ortho intramolecular Hbond substituents is 1. The Bertz CT molecular complexity index is 1080. The van der Waals surface area contributed by atoms with Crippen LogP contribution in [0, 0.1) is 0 Å². The molecule has 1 aromatic carbocycles. The predicted molar refractivity (Wildman–Crippen MR) is 118 cm³/mol. The van der Waals surface area contributed by atoms with E-state index in [0.717, 1.165) is 6.08 Å². The first-order valence-corrected chi connectivity index (χ1v) is 10.6. The zero-order valence-corrected chi connectivity index (χ0v) is 18.8. The number of aliphatic hydroxyl groups is 8. The van der Waals surface area contributed by atoms with Crippen molar-refractivity contribution >= 4 is 5.76 Å². The first kappa shape index (κ1) is 24.7. The molecule has 190 valence electrons. The number of benzene rings is 1. The van der Waals surface area contributed by atoms with E-state index in [4.69, 9.17) is 18.9 Å². The minimum absolute atomic E-state index is 0.0230. The second-order valence-corrected chi connectivity index (χ2v) is 8.05. The highest BCUT2D eigenvalue weighted by molar-refractivity contribution is 5.71. The van der Waals surface area contributed by atoms with Gasteiger partial charge in [0.2, 0.25) is 23.9 Å². The second-order valence-electron chi connectivity index (χ2n) is 8.05. The van der Waals surface area contributed by atoms with Gasteiger partial charge in [-0.3, -0.25) is 0 Å². The summed E-state index contributed by atoms with van der Waals surface area (Å²) < 4.78 is 26.3. The number of hydrogen-bond donors (Lipinski definition) is 7. The van der Waals surface area contributed by atoms with Crippen LogP contribution in [0.1, 0.15) is 5.56 Å². The Hall–Kier alpha value is -3.42. The van der Waals surface area contributed by atoms with E-state index >= 15 is 0 Å². The molecule has 1 fully saturated rings. The first-order valence-electron chi connectivity index (χ1n) is 10.6. The lowest BCUT2D eigenvalue weighted by Crippen LogP contribution is -2.59. The summed E-state index contributed by atoms with van der Waals surface area (Å²) in [7, 11) is 2.69. The summed E-state index contributed by atoms with van der Waals surface area (Å²) in [6, 6.07) is 2.91. The normalized spacial score (nSPS) is 30.4. The Morgan fingerprint density at radius 3 is 2.20 bits per heavy atom. The van der Waals surface area contributed by atoms with Gasteiger partial charge >= 0.3 is 5.76 Å². The van der Waals surface area contributed by atoms with Gasteiger partial charge in [0.15, 0.2) is 11.5 Å². The Morgan fingerprint density at radius 1 is 0.943 bits per heavy atom. The zero-order chi connectivity index (χ0) is 25.4. The van der Waals surface area contributed by atoms with Gasteiger partial charge in [-0.25, -0.2) is 0 Å². The Labute approximate surface area is 199 Å². The predicted octanol–water partition coefficient (Wildman–Crippen LogP) is -0.371. The van der Waals surface area contributed by atoms with Crippen LogP contribution in [0.3, 0.4) is 0 Å². The van der Waals surface area contributed by atoms with Gasteiger partial charge < -0.3 is 59.4 Å². The summed E-state index contributed by atoms with van der Waals surface area (Å²) in [5.41, 5.74) is 0.608. The summed E-state index contributed by atoms with van der Waals surface area (Å²) in [6.07, 6.45) is -4.55. The molecular formula is C23H27O12+. The zero-order valence-electron chi connectivity index (χ0n) is 18.8. The number of hydrogen-bond acceptors (Lipinski definition) is 11. The van der Waals surface area contributed by atoms with E-state index in [9.17, 15) is 35.7 Å². The molecule has 2 heterocycles. The molecule has 0 spiro atoms. The number of aliphatic hydroxyl groups excluding tert-OH is 6. The second kappa shape index (κ2) is 9.68. The minimum atomic E-state index is -1.69. The maximum atomic E-state index is 10.4. The van der Waals surface area contributed by atoms with Crippen LogP contribution in [0.25, 0.3) is 5.76 Å². The third-order valence-corrected chi connectivity index (χ3v) is 5.86. The Morgan fingerprint density at radius 2 is 1.60 bits per heavy atom. The van der Waals surface area contributed by atoms with Gasteiger partial charge in [-0.2, -0.15) is 0 Å². The fourth-order valence-electron chi connectivity index (χ4n) is 3.98. The van der Waals surface area contributed by atoms with Crippen molar-refractivity contribution in [3.8, 4) is 17.2 Å². The number of fused-ring (bicyclic) bond motifs is 1. The highest BCUT2D eigenvalue weighted by Crippen LogP contribution is 2.42. The van der Waals surface area contributed by atoms with Crippen LogP contribution >= 0.6 is 0 Å². The molecule has 8 N–H and O–H groups in total. The van der Waals surface area contributed by atoms with Gasteiger partial charge in [0, 0.05) is 24.3 Å². The van der Waals surface area contributed by atoms with Crippen molar-refractivity contribution in [2.24, 2.45) is 0 Å². The molecule has 6 atom stereocenters. The van der Waals surface area contributed by atoms with Gasteiger partial charge in [-0.1, -0.05) is 0 Å². The molecule has 12 heteroatoms.